The highest BCUT2D eigenvalue weighted by Gasteiger charge is 2.12. The molecule has 0 atom stereocenters. The monoisotopic (exact) mass is 304 g/mol. The predicted octanol–water partition coefficient (Wildman–Crippen LogP) is 2.91. The van der Waals surface area contributed by atoms with Crippen molar-refractivity contribution >= 4 is 0 Å². The molecule has 0 spiro atoms. The molecule has 3 N–H and O–H groups in total. The van der Waals surface area contributed by atoms with Crippen molar-refractivity contribution in [2.75, 3.05) is 14.2 Å². The summed E-state index contributed by atoms with van der Waals surface area (Å²) < 4.78 is 10.3. The van der Waals surface area contributed by atoms with Crippen LogP contribution in [0, 0.1) is 6.92 Å². The zero-order chi connectivity index (χ0) is 16.3. The average molecular weight is 304 g/mol. The summed E-state index contributed by atoms with van der Waals surface area (Å²) in [5.41, 5.74) is 2.49. The molecule has 2 aromatic carbocycles. The number of benzene rings is 2. The van der Waals surface area contributed by atoms with Crippen molar-refractivity contribution in [1.29, 1.82) is 0 Å². The summed E-state index contributed by atoms with van der Waals surface area (Å²) in [6, 6.07) is 6.90. The average Bonchev–Trinajstić information content (AvgIpc) is 2.51. The van der Waals surface area contributed by atoms with Crippen LogP contribution < -0.4 is 9.47 Å². The Bertz CT molecular complexity index is 631. The summed E-state index contributed by atoms with van der Waals surface area (Å²) in [6.07, 6.45) is 1.35. The molecule has 0 heterocycles. The number of ether oxygens (including phenoxy) is 2. The van der Waals surface area contributed by atoms with E-state index in [9.17, 15) is 15.3 Å². The van der Waals surface area contributed by atoms with E-state index in [1.807, 2.05) is 6.07 Å². The van der Waals surface area contributed by atoms with Crippen LogP contribution in [0.1, 0.15) is 16.7 Å². The Labute approximate surface area is 129 Å². The molecule has 0 amide bonds. The lowest BCUT2D eigenvalue weighted by Gasteiger charge is -2.12. The quantitative estimate of drug-likeness (QED) is 0.740. The zero-order valence-corrected chi connectivity index (χ0v) is 12.9. The number of phenolic OH excluding ortho intramolecular Hbond substituents is 3. The third kappa shape index (κ3) is 3.19. The first kappa shape index (κ1) is 15.8. The second-order valence-electron chi connectivity index (χ2n) is 5.13. The first-order valence-corrected chi connectivity index (χ1v) is 6.91. The lowest BCUT2D eigenvalue weighted by molar-refractivity contribution is 0.339. The van der Waals surface area contributed by atoms with Crippen molar-refractivity contribution in [3.63, 3.8) is 0 Å². The van der Waals surface area contributed by atoms with E-state index in [-0.39, 0.29) is 17.2 Å². The largest absolute Gasteiger partial charge is 0.504 e. The number of phenols is 3. The molecule has 0 aromatic heterocycles. The second kappa shape index (κ2) is 6.47. The fourth-order valence-corrected chi connectivity index (χ4v) is 2.36. The molecule has 5 nitrogen and oxygen atoms in total. The zero-order valence-electron chi connectivity index (χ0n) is 12.9. The summed E-state index contributed by atoms with van der Waals surface area (Å²) >= 11 is 0. The van der Waals surface area contributed by atoms with Crippen molar-refractivity contribution in [2.45, 2.75) is 19.8 Å². The van der Waals surface area contributed by atoms with Crippen LogP contribution in [0.5, 0.6) is 28.7 Å². The van der Waals surface area contributed by atoms with Crippen LogP contribution in [0.4, 0.5) is 0 Å². The number of aromatic hydroxyl groups is 3. The number of rotatable bonds is 5. The van der Waals surface area contributed by atoms with Crippen molar-refractivity contribution < 1.29 is 24.8 Å². The summed E-state index contributed by atoms with van der Waals surface area (Å²) in [4.78, 5) is 0. The van der Waals surface area contributed by atoms with Gasteiger partial charge in [-0.25, -0.2) is 0 Å². The Balaban J connectivity index is 2.21. The maximum absolute atomic E-state index is 9.89. The molecule has 0 radical (unpaired) electrons. The first-order chi connectivity index (χ1) is 10.5. The van der Waals surface area contributed by atoms with Gasteiger partial charge in [0.05, 0.1) is 14.2 Å². The Hall–Kier alpha value is -2.56. The Morgan fingerprint density at radius 2 is 1.27 bits per heavy atom. The van der Waals surface area contributed by atoms with Gasteiger partial charge >= 0.3 is 0 Å². The van der Waals surface area contributed by atoms with E-state index in [2.05, 4.69) is 0 Å². The van der Waals surface area contributed by atoms with Gasteiger partial charge in [0.2, 0.25) is 5.75 Å². The fraction of sp³-hybridized carbons (Fsp3) is 0.294. The van der Waals surface area contributed by atoms with E-state index in [1.54, 1.807) is 25.1 Å². The molecular formula is C17H20O5. The second-order valence-corrected chi connectivity index (χ2v) is 5.13. The van der Waals surface area contributed by atoms with Crippen molar-refractivity contribution in [1.82, 2.24) is 0 Å². The SMILES string of the molecule is COc1cc(CCc2cc(C)c(O)c(O)c2)cc(OC)c1O. The molecule has 0 unspecified atom stereocenters. The highest BCUT2D eigenvalue weighted by atomic mass is 16.5. The smallest absolute Gasteiger partial charge is 0.200 e. The van der Waals surface area contributed by atoms with Gasteiger partial charge in [-0.15, -0.1) is 0 Å². The fourth-order valence-electron chi connectivity index (χ4n) is 2.36. The highest BCUT2D eigenvalue weighted by Crippen LogP contribution is 2.37. The van der Waals surface area contributed by atoms with Gasteiger partial charge < -0.3 is 24.8 Å². The lowest BCUT2D eigenvalue weighted by atomic mass is 10.0. The van der Waals surface area contributed by atoms with E-state index in [4.69, 9.17) is 9.47 Å². The van der Waals surface area contributed by atoms with E-state index < -0.39 is 0 Å². The molecule has 118 valence electrons. The molecule has 22 heavy (non-hydrogen) atoms. The minimum Gasteiger partial charge on any atom is -0.504 e. The van der Waals surface area contributed by atoms with Crippen LogP contribution in [-0.2, 0) is 12.8 Å². The number of hydrogen-bond donors (Lipinski definition) is 3. The van der Waals surface area contributed by atoms with Gasteiger partial charge in [-0.05, 0) is 54.7 Å². The van der Waals surface area contributed by atoms with Crippen LogP contribution in [0.3, 0.4) is 0 Å². The molecule has 2 aromatic rings. The van der Waals surface area contributed by atoms with Crippen LogP contribution in [-0.4, -0.2) is 29.5 Å². The Morgan fingerprint density at radius 3 is 1.73 bits per heavy atom. The molecule has 0 saturated carbocycles. The predicted molar refractivity (Wildman–Crippen MR) is 83.1 cm³/mol. The van der Waals surface area contributed by atoms with E-state index in [1.165, 1.54) is 14.2 Å². The van der Waals surface area contributed by atoms with Gasteiger partial charge in [-0.2, -0.15) is 0 Å². The molecule has 0 aliphatic heterocycles. The standard InChI is InChI=1S/C17H20O5/c1-10-6-11(7-13(18)16(10)19)4-5-12-8-14(21-2)17(20)15(9-12)22-3/h6-9,18-20H,4-5H2,1-3H3. The minimum atomic E-state index is -0.115. The summed E-state index contributed by atoms with van der Waals surface area (Å²) in [6.45, 7) is 1.74. The third-order valence-corrected chi connectivity index (χ3v) is 3.58. The molecular weight excluding hydrogens is 284 g/mol. The van der Waals surface area contributed by atoms with Crippen molar-refractivity contribution in [2.24, 2.45) is 0 Å². The van der Waals surface area contributed by atoms with Gasteiger partial charge in [-0.3, -0.25) is 0 Å². The molecule has 2 rings (SSSR count). The van der Waals surface area contributed by atoms with E-state index in [0.717, 1.165) is 11.1 Å². The van der Waals surface area contributed by atoms with E-state index in [0.29, 0.717) is 29.9 Å². The molecule has 5 heteroatoms. The van der Waals surface area contributed by atoms with Crippen LogP contribution in [0.15, 0.2) is 24.3 Å². The number of methoxy groups -OCH3 is 2. The maximum atomic E-state index is 9.89. The van der Waals surface area contributed by atoms with Gasteiger partial charge in [0, 0.05) is 0 Å². The van der Waals surface area contributed by atoms with Gasteiger partial charge in [-0.1, -0.05) is 6.07 Å². The van der Waals surface area contributed by atoms with Gasteiger partial charge in [0.1, 0.15) is 0 Å². The van der Waals surface area contributed by atoms with Gasteiger partial charge in [0.15, 0.2) is 23.0 Å². The highest BCUT2D eigenvalue weighted by molar-refractivity contribution is 5.53. The van der Waals surface area contributed by atoms with E-state index >= 15 is 0 Å². The number of hydrogen-bond acceptors (Lipinski definition) is 5. The summed E-state index contributed by atoms with van der Waals surface area (Å²) in [5, 5.41) is 29.1. The Morgan fingerprint density at radius 1 is 0.773 bits per heavy atom. The summed E-state index contributed by atoms with van der Waals surface area (Å²) in [5.74, 6) is 0.498. The van der Waals surface area contributed by atoms with Gasteiger partial charge in [0.25, 0.3) is 0 Å². The minimum absolute atomic E-state index is 0.0214. The molecule has 0 aliphatic rings. The maximum Gasteiger partial charge on any atom is 0.200 e. The molecule has 0 bridgehead atoms. The topological polar surface area (TPSA) is 79.2 Å². The summed E-state index contributed by atoms with van der Waals surface area (Å²) in [7, 11) is 2.97. The van der Waals surface area contributed by atoms with Crippen LogP contribution in [0.25, 0.3) is 0 Å². The van der Waals surface area contributed by atoms with Crippen molar-refractivity contribution in [3.05, 3.63) is 41.0 Å². The van der Waals surface area contributed by atoms with Crippen molar-refractivity contribution in [3.8, 4) is 28.7 Å². The molecule has 0 saturated heterocycles. The molecule has 0 fully saturated rings. The molecule has 0 aliphatic carbocycles. The lowest BCUT2D eigenvalue weighted by Crippen LogP contribution is -1.96. The number of aryl methyl sites for hydroxylation is 3. The first-order valence-electron chi connectivity index (χ1n) is 6.91. The normalized spacial score (nSPS) is 10.5. The Kier molecular flexibility index (Phi) is 4.65. The van der Waals surface area contributed by atoms with Crippen LogP contribution >= 0.6 is 0 Å². The van der Waals surface area contributed by atoms with Crippen LogP contribution in [0.2, 0.25) is 0 Å². The third-order valence-electron chi connectivity index (χ3n) is 3.58.